The van der Waals surface area contributed by atoms with Gasteiger partial charge in [0.2, 0.25) is 11.7 Å². The van der Waals surface area contributed by atoms with Crippen molar-refractivity contribution in [2.75, 3.05) is 11.9 Å². The summed E-state index contributed by atoms with van der Waals surface area (Å²) in [5.74, 6) is 0.777. The van der Waals surface area contributed by atoms with E-state index in [1.54, 1.807) is 30.3 Å². The van der Waals surface area contributed by atoms with Crippen LogP contribution in [0.4, 0.5) is 10.5 Å². The molecule has 0 atom stereocenters. The molecular weight excluding hydrogens is 352 g/mol. The van der Waals surface area contributed by atoms with Crippen molar-refractivity contribution in [3.63, 3.8) is 0 Å². The molecule has 1 aromatic heterocycles. The van der Waals surface area contributed by atoms with Crippen molar-refractivity contribution in [1.82, 2.24) is 15.0 Å². The number of amides is 2. The molecule has 26 heavy (non-hydrogen) atoms. The van der Waals surface area contributed by atoms with Gasteiger partial charge in [0.15, 0.2) is 0 Å². The number of rotatable bonds is 6. The maximum Gasteiger partial charge on any atom is 0.322 e. The Balaban J connectivity index is 1.71. The highest BCUT2D eigenvalue weighted by Gasteiger charge is 2.17. The van der Waals surface area contributed by atoms with Crippen LogP contribution in [0.3, 0.4) is 0 Å². The lowest BCUT2D eigenvalue weighted by Gasteiger charge is -2.19. The fourth-order valence-electron chi connectivity index (χ4n) is 2.30. The summed E-state index contributed by atoms with van der Waals surface area (Å²) < 4.78 is 5.28. The van der Waals surface area contributed by atoms with Gasteiger partial charge in [0.25, 0.3) is 0 Å². The molecule has 0 radical (unpaired) electrons. The first-order chi connectivity index (χ1) is 12.7. The fourth-order valence-corrected chi connectivity index (χ4v) is 2.42. The lowest BCUT2D eigenvalue weighted by atomic mass is 10.2. The smallest absolute Gasteiger partial charge is 0.322 e. The number of anilines is 1. The lowest BCUT2D eigenvalue weighted by molar-refractivity contribution is 0.206. The van der Waals surface area contributed by atoms with Crippen molar-refractivity contribution in [1.29, 1.82) is 0 Å². The summed E-state index contributed by atoms with van der Waals surface area (Å²) in [6.45, 7) is 4.21. The van der Waals surface area contributed by atoms with Gasteiger partial charge >= 0.3 is 6.03 Å². The van der Waals surface area contributed by atoms with E-state index >= 15 is 0 Å². The Morgan fingerprint density at radius 3 is 2.62 bits per heavy atom. The van der Waals surface area contributed by atoms with Crippen LogP contribution in [0.25, 0.3) is 11.4 Å². The predicted molar refractivity (Wildman–Crippen MR) is 101 cm³/mol. The van der Waals surface area contributed by atoms with E-state index in [-0.39, 0.29) is 12.6 Å². The number of benzene rings is 2. The van der Waals surface area contributed by atoms with Crippen LogP contribution in [-0.2, 0) is 6.54 Å². The van der Waals surface area contributed by atoms with E-state index in [1.165, 1.54) is 4.90 Å². The minimum absolute atomic E-state index is 0.172. The second kappa shape index (κ2) is 8.31. The van der Waals surface area contributed by atoms with Crippen LogP contribution in [0.2, 0.25) is 5.02 Å². The average molecular weight is 369 g/mol. The zero-order chi connectivity index (χ0) is 18.4. The van der Waals surface area contributed by atoms with Gasteiger partial charge in [-0.15, -0.1) is 6.58 Å². The van der Waals surface area contributed by atoms with Gasteiger partial charge in [-0.3, -0.25) is 0 Å². The van der Waals surface area contributed by atoms with Crippen molar-refractivity contribution in [2.45, 2.75) is 6.54 Å². The number of carbonyl (C=O) groups excluding carboxylic acids is 1. The average Bonchev–Trinajstić information content (AvgIpc) is 3.11. The molecule has 0 unspecified atom stereocenters. The number of hydrogen-bond donors (Lipinski definition) is 1. The molecule has 1 heterocycles. The van der Waals surface area contributed by atoms with Crippen molar-refractivity contribution < 1.29 is 9.32 Å². The van der Waals surface area contributed by atoms with Gasteiger partial charge in [-0.1, -0.05) is 41.0 Å². The zero-order valence-corrected chi connectivity index (χ0v) is 14.7. The molecule has 3 rings (SSSR count). The van der Waals surface area contributed by atoms with Crippen LogP contribution in [0.15, 0.2) is 71.8 Å². The molecule has 7 heteroatoms. The molecule has 0 fully saturated rings. The normalized spacial score (nSPS) is 10.3. The summed E-state index contributed by atoms with van der Waals surface area (Å²) in [6.07, 6.45) is 1.64. The maximum absolute atomic E-state index is 12.5. The van der Waals surface area contributed by atoms with Crippen molar-refractivity contribution in [3.05, 3.63) is 78.2 Å². The quantitative estimate of drug-likeness (QED) is 0.645. The first kappa shape index (κ1) is 17.7. The molecule has 0 aliphatic rings. The third-order valence-electron chi connectivity index (χ3n) is 3.56. The second-order valence-electron chi connectivity index (χ2n) is 5.48. The maximum atomic E-state index is 12.5. The van der Waals surface area contributed by atoms with Crippen LogP contribution in [0.5, 0.6) is 0 Å². The van der Waals surface area contributed by atoms with E-state index in [0.717, 1.165) is 5.56 Å². The number of para-hydroxylation sites is 1. The minimum atomic E-state index is -0.276. The third kappa shape index (κ3) is 4.49. The number of urea groups is 1. The van der Waals surface area contributed by atoms with E-state index < -0.39 is 0 Å². The largest absolute Gasteiger partial charge is 0.337 e. The van der Waals surface area contributed by atoms with Crippen molar-refractivity contribution in [2.24, 2.45) is 0 Å². The minimum Gasteiger partial charge on any atom is -0.337 e. The number of hydrogen-bond acceptors (Lipinski definition) is 4. The van der Waals surface area contributed by atoms with Crippen LogP contribution in [-0.4, -0.2) is 27.6 Å². The first-order valence-corrected chi connectivity index (χ1v) is 8.34. The topological polar surface area (TPSA) is 71.3 Å². The van der Waals surface area contributed by atoms with Crippen LogP contribution < -0.4 is 5.32 Å². The fraction of sp³-hybridized carbons (Fsp3) is 0.105. The van der Waals surface area contributed by atoms with E-state index in [4.69, 9.17) is 16.1 Å². The molecule has 0 aliphatic heterocycles. The van der Waals surface area contributed by atoms with Gasteiger partial charge in [0.05, 0.1) is 0 Å². The Hall–Kier alpha value is -3.12. The van der Waals surface area contributed by atoms with Gasteiger partial charge in [0.1, 0.15) is 6.54 Å². The molecule has 0 saturated carbocycles. The summed E-state index contributed by atoms with van der Waals surface area (Å²) in [7, 11) is 0. The van der Waals surface area contributed by atoms with Gasteiger partial charge in [-0.25, -0.2) is 4.79 Å². The first-order valence-electron chi connectivity index (χ1n) is 7.96. The number of nitrogens with zero attached hydrogens (tertiary/aromatic N) is 3. The molecule has 0 bridgehead atoms. The molecule has 132 valence electrons. The zero-order valence-electron chi connectivity index (χ0n) is 13.9. The molecular formula is C19H17ClN4O2. The van der Waals surface area contributed by atoms with E-state index in [2.05, 4.69) is 22.0 Å². The number of halogens is 1. The van der Waals surface area contributed by atoms with Crippen molar-refractivity contribution >= 4 is 23.3 Å². The number of aromatic nitrogens is 2. The number of carbonyl (C=O) groups is 1. The highest BCUT2D eigenvalue weighted by Crippen LogP contribution is 2.19. The highest BCUT2D eigenvalue weighted by molar-refractivity contribution is 6.30. The van der Waals surface area contributed by atoms with E-state index in [9.17, 15) is 4.79 Å². The number of nitrogens with one attached hydrogen (secondary N) is 1. The van der Waals surface area contributed by atoms with Gasteiger partial charge in [-0.2, -0.15) is 4.98 Å². The molecule has 0 spiro atoms. The van der Waals surface area contributed by atoms with Crippen molar-refractivity contribution in [3.8, 4) is 11.4 Å². The molecule has 6 nitrogen and oxygen atoms in total. The monoisotopic (exact) mass is 368 g/mol. The molecule has 3 aromatic rings. The highest BCUT2D eigenvalue weighted by atomic mass is 35.5. The molecule has 0 saturated heterocycles. The third-order valence-corrected chi connectivity index (χ3v) is 3.81. The predicted octanol–water partition coefficient (Wildman–Crippen LogP) is 4.61. The van der Waals surface area contributed by atoms with E-state index in [1.807, 2.05) is 30.3 Å². The molecule has 1 N–H and O–H groups in total. The Morgan fingerprint density at radius 2 is 1.92 bits per heavy atom. The van der Waals surface area contributed by atoms with Crippen LogP contribution in [0, 0.1) is 0 Å². The second-order valence-corrected chi connectivity index (χ2v) is 5.92. The summed E-state index contributed by atoms with van der Waals surface area (Å²) in [5, 5.41) is 7.42. The van der Waals surface area contributed by atoms with Crippen LogP contribution in [0.1, 0.15) is 5.89 Å². The Morgan fingerprint density at radius 1 is 1.19 bits per heavy atom. The standard InChI is InChI=1S/C19H17ClN4O2/c1-2-12-24(19(25)21-16-6-4-3-5-7-16)13-17-22-18(23-26-17)14-8-10-15(20)11-9-14/h2-11H,1,12-13H2,(H,21,25). The Bertz CT molecular complexity index is 878. The summed E-state index contributed by atoms with van der Waals surface area (Å²) in [5.41, 5.74) is 1.49. The molecule has 2 amide bonds. The van der Waals surface area contributed by atoms with E-state index in [0.29, 0.717) is 29.0 Å². The summed E-state index contributed by atoms with van der Waals surface area (Å²) >= 11 is 5.88. The Kier molecular flexibility index (Phi) is 5.66. The SMILES string of the molecule is C=CCN(Cc1nc(-c2ccc(Cl)cc2)no1)C(=O)Nc1ccccc1. The van der Waals surface area contributed by atoms with Gasteiger partial charge < -0.3 is 14.7 Å². The summed E-state index contributed by atoms with van der Waals surface area (Å²) in [6, 6.07) is 16.1. The van der Waals surface area contributed by atoms with Crippen LogP contribution >= 0.6 is 11.6 Å². The van der Waals surface area contributed by atoms with Gasteiger partial charge in [-0.05, 0) is 36.4 Å². The summed E-state index contributed by atoms with van der Waals surface area (Å²) in [4.78, 5) is 18.4. The molecule has 0 aliphatic carbocycles. The van der Waals surface area contributed by atoms with Gasteiger partial charge in [0, 0.05) is 22.8 Å². The lowest BCUT2D eigenvalue weighted by Crippen LogP contribution is -2.34. The molecule has 2 aromatic carbocycles. The Labute approximate surface area is 156 Å².